The minimum atomic E-state index is -3.75. The molecule has 5 rings (SSSR count). The summed E-state index contributed by atoms with van der Waals surface area (Å²) < 4.78 is 33.7. The Labute approximate surface area is 186 Å². The number of amides is 1. The molecular formula is C23H25N3O5S. The smallest absolute Gasteiger partial charge is 0.289 e. The van der Waals surface area contributed by atoms with Gasteiger partial charge in [-0.15, -0.1) is 0 Å². The molecule has 1 fully saturated rings. The maximum absolute atomic E-state index is 13.5. The molecule has 9 heteroatoms. The third-order valence-electron chi connectivity index (χ3n) is 6.42. The van der Waals surface area contributed by atoms with Crippen molar-refractivity contribution in [2.45, 2.75) is 37.5 Å². The molecule has 168 valence electrons. The molecule has 1 aliphatic heterocycles. The first-order valence-corrected chi connectivity index (χ1v) is 12.4. The monoisotopic (exact) mass is 455 g/mol. The van der Waals surface area contributed by atoms with Crippen LogP contribution in [-0.2, 0) is 22.9 Å². The average molecular weight is 456 g/mol. The van der Waals surface area contributed by atoms with E-state index in [0.29, 0.717) is 37.0 Å². The van der Waals surface area contributed by atoms with E-state index in [0.717, 1.165) is 29.5 Å². The van der Waals surface area contributed by atoms with Crippen LogP contribution in [0.2, 0.25) is 0 Å². The molecule has 1 aliphatic carbocycles. The Balaban J connectivity index is 1.44. The summed E-state index contributed by atoms with van der Waals surface area (Å²) in [4.78, 5) is 30.1. The number of aromatic nitrogens is 1. The van der Waals surface area contributed by atoms with Gasteiger partial charge in [0.15, 0.2) is 11.5 Å². The van der Waals surface area contributed by atoms with Crippen molar-refractivity contribution in [3.05, 3.63) is 53.1 Å². The maximum atomic E-state index is 13.5. The predicted molar refractivity (Wildman–Crippen MR) is 118 cm³/mol. The second kappa shape index (κ2) is 7.90. The van der Waals surface area contributed by atoms with Crippen LogP contribution >= 0.6 is 0 Å². The summed E-state index contributed by atoms with van der Waals surface area (Å²) in [6, 6.07) is 6.80. The lowest BCUT2D eigenvalue weighted by Crippen LogP contribution is -2.50. The van der Waals surface area contributed by atoms with Crippen molar-refractivity contribution in [1.29, 1.82) is 0 Å². The van der Waals surface area contributed by atoms with Crippen LogP contribution in [0.3, 0.4) is 0 Å². The molecule has 0 radical (unpaired) electrons. The van der Waals surface area contributed by atoms with Crippen LogP contribution in [0.25, 0.3) is 10.9 Å². The van der Waals surface area contributed by atoms with Gasteiger partial charge in [-0.05, 0) is 49.1 Å². The number of benzene rings is 1. The lowest BCUT2D eigenvalue weighted by molar-refractivity contribution is 0.0666. The van der Waals surface area contributed by atoms with E-state index >= 15 is 0 Å². The molecule has 0 saturated carbocycles. The summed E-state index contributed by atoms with van der Waals surface area (Å²) in [6.07, 6.45) is 4.12. The molecule has 1 amide bonds. The van der Waals surface area contributed by atoms with Crippen LogP contribution < -0.4 is 0 Å². The number of H-pyrrole nitrogens is 1. The average Bonchev–Trinajstić information content (AvgIpc) is 3.46. The SMILES string of the molecule is CCc1cc2c3c([nH]c2cc1S(=O)(=O)N1CCN(C(=O)c2ccco2)CC1)CCCC3=O. The summed E-state index contributed by atoms with van der Waals surface area (Å²) in [6.45, 7) is 2.95. The van der Waals surface area contributed by atoms with Crippen molar-refractivity contribution in [1.82, 2.24) is 14.2 Å². The van der Waals surface area contributed by atoms with E-state index < -0.39 is 10.0 Å². The van der Waals surface area contributed by atoms with Gasteiger partial charge in [-0.25, -0.2) is 8.42 Å². The summed E-state index contributed by atoms with van der Waals surface area (Å²) >= 11 is 0. The summed E-state index contributed by atoms with van der Waals surface area (Å²) in [7, 11) is -3.75. The van der Waals surface area contributed by atoms with Gasteiger partial charge in [0.1, 0.15) is 0 Å². The summed E-state index contributed by atoms with van der Waals surface area (Å²) in [5.74, 6) is 0.141. The van der Waals surface area contributed by atoms with E-state index in [9.17, 15) is 18.0 Å². The molecule has 8 nitrogen and oxygen atoms in total. The number of sulfonamides is 1. The number of carbonyl (C=O) groups is 2. The zero-order valence-electron chi connectivity index (χ0n) is 17.9. The molecule has 1 aromatic carbocycles. The molecular weight excluding hydrogens is 430 g/mol. The number of aromatic amines is 1. The Morgan fingerprint density at radius 2 is 1.94 bits per heavy atom. The Hall–Kier alpha value is -2.91. The highest BCUT2D eigenvalue weighted by Gasteiger charge is 2.33. The first-order chi connectivity index (χ1) is 15.4. The molecule has 2 aliphatic rings. The molecule has 1 saturated heterocycles. The number of aryl methyl sites for hydroxylation is 2. The number of hydrogen-bond donors (Lipinski definition) is 1. The molecule has 3 heterocycles. The first kappa shape index (κ1) is 21.0. The number of nitrogens with one attached hydrogen (secondary N) is 1. The van der Waals surface area contributed by atoms with Crippen molar-refractivity contribution in [2.24, 2.45) is 0 Å². The fourth-order valence-electron chi connectivity index (χ4n) is 4.72. The lowest BCUT2D eigenvalue weighted by Gasteiger charge is -2.34. The van der Waals surface area contributed by atoms with Gasteiger partial charge in [-0.1, -0.05) is 6.92 Å². The molecule has 3 aromatic rings. The van der Waals surface area contributed by atoms with Crippen molar-refractivity contribution >= 4 is 32.6 Å². The van der Waals surface area contributed by atoms with Crippen molar-refractivity contribution in [3.63, 3.8) is 0 Å². The highest BCUT2D eigenvalue weighted by atomic mass is 32.2. The minimum absolute atomic E-state index is 0.118. The highest BCUT2D eigenvalue weighted by molar-refractivity contribution is 7.89. The van der Waals surface area contributed by atoms with E-state index in [1.165, 1.54) is 10.6 Å². The van der Waals surface area contributed by atoms with Crippen LogP contribution in [-0.4, -0.2) is 60.5 Å². The van der Waals surface area contributed by atoms with Gasteiger partial charge in [0.25, 0.3) is 5.91 Å². The topological polar surface area (TPSA) is 104 Å². The number of fused-ring (bicyclic) bond motifs is 3. The van der Waals surface area contributed by atoms with Crippen molar-refractivity contribution in [2.75, 3.05) is 26.2 Å². The zero-order chi connectivity index (χ0) is 22.5. The lowest BCUT2D eigenvalue weighted by atomic mass is 9.94. The molecule has 32 heavy (non-hydrogen) atoms. The molecule has 0 spiro atoms. The van der Waals surface area contributed by atoms with Crippen LogP contribution in [0, 0.1) is 0 Å². The number of Topliss-reactive ketones (excluding diaryl/α,β-unsaturated/α-hetero) is 1. The third kappa shape index (κ3) is 3.36. The number of furan rings is 1. The fourth-order valence-corrected chi connectivity index (χ4v) is 6.45. The van der Waals surface area contributed by atoms with Gasteiger partial charge in [-0.3, -0.25) is 9.59 Å². The van der Waals surface area contributed by atoms with E-state index in [1.807, 2.05) is 13.0 Å². The number of piperazine rings is 1. The van der Waals surface area contributed by atoms with E-state index in [2.05, 4.69) is 4.98 Å². The van der Waals surface area contributed by atoms with Crippen molar-refractivity contribution in [3.8, 4) is 0 Å². The normalized spacial score (nSPS) is 17.7. The predicted octanol–water partition coefficient (Wildman–Crippen LogP) is 2.99. The summed E-state index contributed by atoms with van der Waals surface area (Å²) in [5, 5.41) is 0.814. The molecule has 0 unspecified atom stereocenters. The largest absolute Gasteiger partial charge is 0.459 e. The Kier molecular flexibility index (Phi) is 5.17. The fraction of sp³-hybridized carbons (Fsp3) is 0.391. The third-order valence-corrected chi connectivity index (χ3v) is 8.40. The Morgan fingerprint density at radius 1 is 1.16 bits per heavy atom. The van der Waals surface area contributed by atoms with Crippen LogP contribution in [0.15, 0.2) is 39.8 Å². The second-order valence-corrected chi connectivity index (χ2v) is 10.2. The zero-order valence-corrected chi connectivity index (χ0v) is 18.7. The van der Waals surface area contributed by atoms with Crippen LogP contribution in [0.1, 0.15) is 51.9 Å². The number of hydrogen-bond acceptors (Lipinski definition) is 5. The number of ketones is 1. The molecule has 0 atom stereocenters. The van der Waals surface area contributed by atoms with Gasteiger partial charge in [0, 0.05) is 54.8 Å². The van der Waals surface area contributed by atoms with Gasteiger partial charge in [0.05, 0.1) is 11.2 Å². The Morgan fingerprint density at radius 3 is 2.62 bits per heavy atom. The summed E-state index contributed by atoms with van der Waals surface area (Å²) in [5.41, 5.74) is 3.01. The molecule has 2 aromatic heterocycles. The number of nitrogens with zero attached hydrogens (tertiary/aromatic N) is 2. The van der Waals surface area contributed by atoms with Gasteiger partial charge in [-0.2, -0.15) is 4.31 Å². The molecule has 0 bridgehead atoms. The van der Waals surface area contributed by atoms with Crippen LogP contribution in [0.4, 0.5) is 0 Å². The first-order valence-electron chi connectivity index (χ1n) is 10.9. The quantitative estimate of drug-likeness (QED) is 0.651. The molecule has 1 N–H and O–H groups in total. The van der Waals surface area contributed by atoms with E-state index in [4.69, 9.17) is 4.42 Å². The van der Waals surface area contributed by atoms with Crippen molar-refractivity contribution < 1.29 is 22.4 Å². The van der Waals surface area contributed by atoms with Gasteiger partial charge in [0.2, 0.25) is 10.0 Å². The van der Waals surface area contributed by atoms with Gasteiger partial charge < -0.3 is 14.3 Å². The maximum Gasteiger partial charge on any atom is 0.289 e. The minimum Gasteiger partial charge on any atom is -0.459 e. The van der Waals surface area contributed by atoms with Gasteiger partial charge >= 0.3 is 0 Å². The number of carbonyl (C=O) groups excluding carboxylic acids is 2. The Bertz CT molecular complexity index is 1300. The van der Waals surface area contributed by atoms with E-state index in [1.54, 1.807) is 23.1 Å². The highest BCUT2D eigenvalue weighted by Crippen LogP contribution is 2.33. The second-order valence-electron chi connectivity index (χ2n) is 8.29. The standard InChI is InChI=1S/C23H25N3O5S/c1-2-15-13-16-18(24-17-5-3-6-19(27)22(16)17)14-21(15)32(29,30)26-10-8-25(9-11-26)23(28)20-7-4-12-31-20/h4,7,12-14,24H,2-3,5-6,8-11H2,1H3. The number of rotatable bonds is 4. The van der Waals surface area contributed by atoms with E-state index in [-0.39, 0.29) is 35.4 Å². The van der Waals surface area contributed by atoms with Crippen LogP contribution in [0.5, 0.6) is 0 Å².